The number of hydrogen-bond donors (Lipinski definition) is 2. The first-order valence-electron chi connectivity index (χ1n) is 9.15. The Bertz CT molecular complexity index is 553. The van der Waals surface area contributed by atoms with Crippen LogP contribution in [0.4, 0.5) is 4.79 Å². The van der Waals surface area contributed by atoms with Gasteiger partial charge in [0.2, 0.25) is 5.91 Å². The summed E-state index contributed by atoms with van der Waals surface area (Å²) in [6.07, 6.45) is 1.22. The van der Waals surface area contributed by atoms with Gasteiger partial charge in [0.15, 0.2) is 0 Å². The van der Waals surface area contributed by atoms with Crippen molar-refractivity contribution in [2.45, 2.75) is 45.7 Å². The number of ether oxygens (including phenoxy) is 1. The SMILES string of the molecule is CCOC(=O)NC(C(=O)N1CCN(C(=O)C(=O)NC2CC2)CC1)C(C)C. The molecule has 0 spiro atoms. The molecular weight excluding hydrogens is 340 g/mol. The van der Waals surface area contributed by atoms with Gasteiger partial charge < -0.3 is 25.2 Å². The fraction of sp³-hybridized carbons (Fsp3) is 0.765. The second-order valence-corrected chi connectivity index (χ2v) is 6.95. The number of amides is 4. The summed E-state index contributed by atoms with van der Waals surface area (Å²) in [4.78, 5) is 51.4. The molecule has 0 radical (unpaired) electrons. The molecule has 0 bridgehead atoms. The van der Waals surface area contributed by atoms with Crippen LogP contribution in [0.1, 0.15) is 33.6 Å². The molecule has 1 atom stereocenters. The van der Waals surface area contributed by atoms with E-state index in [0.717, 1.165) is 12.8 Å². The van der Waals surface area contributed by atoms with Gasteiger partial charge in [-0.2, -0.15) is 0 Å². The summed E-state index contributed by atoms with van der Waals surface area (Å²) in [5.74, 6) is -1.43. The molecule has 9 nitrogen and oxygen atoms in total. The highest BCUT2D eigenvalue weighted by Gasteiger charge is 2.34. The van der Waals surface area contributed by atoms with E-state index in [1.54, 1.807) is 11.8 Å². The predicted octanol–water partition coefficient (Wildman–Crippen LogP) is -0.293. The first kappa shape index (κ1) is 20.0. The van der Waals surface area contributed by atoms with E-state index in [4.69, 9.17) is 4.74 Å². The lowest BCUT2D eigenvalue weighted by atomic mass is 10.0. The maximum Gasteiger partial charge on any atom is 0.407 e. The van der Waals surface area contributed by atoms with E-state index in [9.17, 15) is 19.2 Å². The number of carbonyl (C=O) groups excluding carboxylic acids is 4. The van der Waals surface area contributed by atoms with Crippen molar-refractivity contribution in [1.29, 1.82) is 0 Å². The first-order chi connectivity index (χ1) is 12.3. The van der Waals surface area contributed by atoms with Gasteiger partial charge in [-0.3, -0.25) is 14.4 Å². The second kappa shape index (κ2) is 8.86. The number of hydrogen-bond acceptors (Lipinski definition) is 5. The lowest BCUT2D eigenvalue weighted by Crippen LogP contribution is -2.58. The molecule has 1 saturated carbocycles. The minimum absolute atomic E-state index is 0.101. The highest BCUT2D eigenvalue weighted by atomic mass is 16.5. The van der Waals surface area contributed by atoms with E-state index in [-0.39, 0.29) is 24.5 Å². The van der Waals surface area contributed by atoms with E-state index in [2.05, 4.69) is 10.6 Å². The molecule has 0 aromatic heterocycles. The van der Waals surface area contributed by atoms with Crippen LogP contribution in [0.15, 0.2) is 0 Å². The highest BCUT2D eigenvalue weighted by molar-refractivity contribution is 6.35. The maximum atomic E-state index is 12.7. The Morgan fingerprint density at radius 1 is 1.04 bits per heavy atom. The Labute approximate surface area is 153 Å². The van der Waals surface area contributed by atoms with E-state index in [1.165, 1.54) is 4.90 Å². The summed E-state index contributed by atoms with van der Waals surface area (Å²) in [5.41, 5.74) is 0. The zero-order valence-corrected chi connectivity index (χ0v) is 15.6. The third-order valence-electron chi connectivity index (χ3n) is 4.47. The zero-order valence-electron chi connectivity index (χ0n) is 15.6. The van der Waals surface area contributed by atoms with Crippen molar-refractivity contribution in [2.75, 3.05) is 32.8 Å². The molecule has 26 heavy (non-hydrogen) atoms. The molecule has 2 rings (SSSR count). The molecule has 1 unspecified atom stereocenters. The molecule has 4 amide bonds. The van der Waals surface area contributed by atoms with E-state index >= 15 is 0 Å². The molecule has 0 aromatic rings. The van der Waals surface area contributed by atoms with Crippen molar-refractivity contribution < 1.29 is 23.9 Å². The van der Waals surface area contributed by atoms with Crippen molar-refractivity contribution in [1.82, 2.24) is 20.4 Å². The van der Waals surface area contributed by atoms with Gasteiger partial charge in [-0.1, -0.05) is 13.8 Å². The minimum atomic E-state index is -0.686. The lowest BCUT2D eigenvalue weighted by molar-refractivity contribution is -0.149. The second-order valence-electron chi connectivity index (χ2n) is 6.95. The predicted molar refractivity (Wildman–Crippen MR) is 93.1 cm³/mol. The Hall–Kier alpha value is -2.32. The van der Waals surface area contributed by atoms with E-state index < -0.39 is 23.9 Å². The lowest BCUT2D eigenvalue weighted by Gasteiger charge is -2.36. The van der Waals surface area contributed by atoms with Crippen LogP contribution in [0, 0.1) is 5.92 Å². The number of alkyl carbamates (subject to hydrolysis) is 1. The van der Waals surface area contributed by atoms with E-state index in [1.807, 2.05) is 13.8 Å². The summed E-state index contributed by atoms with van der Waals surface area (Å²) in [7, 11) is 0. The third-order valence-corrected chi connectivity index (χ3v) is 4.47. The number of piperazine rings is 1. The van der Waals surface area contributed by atoms with Crippen LogP contribution in [0.5, 0.6) is 0 Å². The Kier molecular flexibility index (Phi) is 6.82. The van der Waals surface area contributed by atoms with Crippen molar-refractivity contribution in [3.8, 4) is 0 Å². The van der Waals surface area contributed by atoms with Crippen molar-refractivity contribution in [2.24, 2.45) is 5.92 Å². The number of nitrogens with one attached hydrogen (secondary N) is 2. The number of carbonyl (C=O) groups is 4. The van der Waals surface area contributed by atoms with Gasteiger partial charge in [0.05, 0.1) is 6.61 Å². The van der Waals surface area contributed by atoms with Crippen LogP contribution in [0.2, 0.25) is 0 Å². The van der Waals surface area contributed by atoms with Gasteiger partial charge in [-0.05, 0) is 25.7 Å². The Balaban J connectivity index is 1.86. The Morgan fingerprint density at radius 2 is 1.62 bits per heavy atom. The average Bonchev–Trinajstić information content (AvgIpc) is 3.42. The van der Waals surface area contributed by atoms with E-state index in [0.29, 0.717) is 26.2 Å². The highest BCUT2D eigenvalue weighted by Crippen LogP contribution is 2.18. The fourth-order valence-electron chi connectivity index (χ4n) is 2.76. The standard InChI is InChI=1S/C17H28N4O5/c1-4-26-17(25)19-13(11(2)3)15(23)20-7-9-21(10-8-20)16(24)14(22)18-12-5-6-12/h11-13H,4-10H2,1-3H3,(H,18,22)(H,19,25). The summed E-state index contributed by atoms with van der Waals surface area (Å²) < 4.78 is 4.85. The van der Waals surface area contributed by atoms with Gasteiger partial charge in [0, 0.05) is 32.2 Å². The largest absolute Gasteiger partial charge is 0.450 e. The smallest absolute Gasteiger partial charge is 0.407 e. The van der Waals surface area contributed by atoms with Crippen molar-refractivity contribution >= 4 is 23.8 Å². The van der Waals surface area contributed by atoms with Crippen LogP contribution in [0.25, 0.3) is 0 Å². The molecule has 2 fully saturated rings. The summed E-state index contributed by atoms with van der Waals surface area (Å²) in [5, 5.41) is 5.28. The van der Waals surface area contributed by atoms with Crippen molar-refractivity contribution in [3.63, 3.8) is 0 Å². The molecule has 1 saturated heterocycles. The fourth-order valence-corrected chi connectivity index (χ4v) is 2.76. The molecule has 9 heteroatoms. The van der Waals surface area contributed by atoms with Gasteiger partial charge in [0.1, 0.15) is 6.04 Å². The van der Waals surface area contributed by atoms with Crippen LogP contribution < -0.4 is 10.6 Å². The van der Waals surface area contributed by atoms with Gasteiger partial charge in [0.25, 0.3) is 0 Å². The van der Waals surface area contributed by atoms with Gasteiger partial charge >= 0.3 is 17.9 Å². The Morgan fingerprint density at radius 3 is 2.12 bits per heavy atom. The van der Waals surface area contributed by atoms with Crippen LogP contribution in [0.3, 0.4) is 0 Å². The minimum Gasteiger partial charge on any atom is -0.450 e. The van der Waals surface area contributed by atoms with Crippen molar-refractivity contribution in [3.05, 3.63) is 0 Å². The third kappa shape index (κ3) is 5.34. The summed E-state index contributed by atoms with van der Waals surface area (Å²) >= 11 is 0. The molecular formula is C17H28N4O5. The number of rotatable bonds is 5. The molecule has 2 N–H and O–H groups in total. The molecule has 146 valence electrons. The molecule has 1 aliphatic heterocycles. The maximum absolute atomic E-state index is 12.7. The number of nitrogens with zero attached hydrogens (tertiary/aromatic N) is 2. The molecule has 1 heterocycles. The van der Waals surface area contributed by atoms with Crippen LogP contribution >= 0.6 is 0 Å². The summed E-state index contributed by atoms with van der Waals surface area (Å²) in [6.45, 7) is 6.87. The average molecular weight is 368 g/mol. The molecule has 0 aromatic carbocycles. The first-order valence-corrected chi connectivity index (χ1v) is 9.15. The topological polar surface area (TPSA) is 108 Å². The van der Waals surface area contributed by atoms with Crippen LogP contribution in [-0.2, 0) is 19.1 Å². The molecule has 1 aliphatic carbocycles. The summed E-state index contributed by atoms with van der Waals surface area (Å²) in [6, 6.07) is -0.551. The zero-order chi connectivity index (χ0) is 19.3. The molecule has 2 aliphatic rings. The monoisotopic (exact) mass is 368 g/mol. The van der Waals surface area contributed by atoms with Gasteiger partial charge in [-0.25, -0.2) is 4.79 Å². The quantitative estimate of drug-likeness (QED) is 0.648. The van der Waals surface area contributed by atoms with Gasteiger partial charge in [-0.15, -0.1) is 0 Å². The van der Waals surface area contributed by atoms with Crippen LogP contribution in [-0.4, -0.2) is 78.5 Å². The normalized spacial score (nSPS) is 18.3.